The molecule has 0 amide bonds. The maximum Gasteiger partial charge on any atom is 0.0731 e. The summed E-state index contributed by atoms with van der Waals surface area (Å²) in [6.45, 7) is 6.67. The Morgan fingerprint density at radius 3 is 2.88 bits per heavy atom. The minimum atomic E-state index is 0.559. The van der Waals surface area contributed by atoms with Crippen LogP contribution in [0.5, 0.6) is 0 Å². The first-order chi connectivity index (χ1) is 8.40. The van der Waals surface area contributed by atoms with Crippen LogP contribution in [0.4, 0.5) is 0 Å². The van der Waals surface area contributed by atoms with Crippen LogP contribution in [0.1, 0.15) is 39.0 Å². The second kappa shape index (κ2) is 5.25. The van der Waals surface area contributed by atoms with Crippen molar-refractivity contribution in [2.75, 3.05) is 26.2 Å². The van der Waals surface area contributed by atoms with Gasteiger partial charge in [-0.1, -0.05) is 6.92 Å². The van der Waals surface area contributed by atoms with Gasteiger partial charge in [-0.05, 0) is 51.1 Å². The fraction of sp³-hybridized carbons (Fsp3) is 1.00. The molecule has 1 aliphatic heterocycles. The summed E-state index contributed by atoms with van der Waals surface area (Å²) >= 11 is 0. The van der Waals surface area contributed by atoms with Crippen LogP contribution >= 0.6 is 0 Å². The van der Waals surface area contributed by atoms with Crippen molar-refractivity contribution in [2.24, 2.45) is 5.92 Å². The summed E-state index contributed by atoms with van der Waals surface area (Å²) in [5.74, 6) is 0.897. The third kappa shape index (κ3) is 2.25. The van der Waals surface area contributed by atoms with Crippen molar-refractivity contribution in [1.29, 1.82) is 0 Å². The Labute approximate surface area is 105 Å². The van der Waals surface area contributed by atoms with Crippen LogP contribution in [0.3, 0.4) is 0 Å². The molecule has 3 rings (SSSR count). The molecule has 0 aromatic carbocycles. The van der Waals surface area contributed by atoms with Crippen LogP contribution in [0, 0.1) is 5.92 Å². The highest BCUT2D eigenvalue weighted by Crippen LogP contribution is 2.38. The van der Waals surface area contributed by atoms with Crippen molar-refractivity contribution >= 4 is 0 Å². The Morgan fingerprint density at radius 1 is 1.18 bits per heavy atom. The lowest BCUT2D eigenvalue weighted by atomic mass is 9.77. The number of rotatable bonds is 4. The number of hydrogen-bond donors (Lipinski definition) is 1. The average Bonchev–Trinajstić information content (AvgIpc) is 2.77. The smallest absolute Gasteiger partial charge is 0.0731 e. The molecule has 3 aliphatic rings. The lowest BCUT2D eigenvalue weighted by molar-refractivity contribution is -0.0972. The first-order valence-corrected chi connectivity index (χ1v) is 7.48. The zero-order valence-corrected chi connectivity index (χ0v) is 11.0. The van der Waals surface area contributed by atoms with Gasteiger partial charge in [0.25, 0.3) is 0 Å². The molecule has 4 atom stereocenters. The summed E-state index contributed by atoms with van der Waals surface area (Å²) in [7, 11) is 0. The van der Waals surface area contributed by atoms with Gasteiger partial charge in [-0.3, -0.25) is 4.90 Å². The number of morpholine rings is 1. The van der Waals surface area contributed by atoms with Crippen LogP contribution in [0.2, 0.25) is 0 Å². The van der Waals surface area contributed by atoms with E-state index in [1.165, 1.54) is 45.2 Å². The van der Waals surface area contributed by atoms with Gasteiger partial charge in [-0.15, -0.1) is 0 Å². The van der Waals surface area contributed by atoms with Gasteiger partial charge in [-0.2, -0.15) is 0 Å². The molecule has 17 heavy (non-hydrogen) atoms. The number of nitrogens with zero attached hydrogens (tertiary/aromatic N) is 1. The molecular formula is C14H26N2O. The predicted octanol–water partition coefficient (Wildman–Crippen LogP) is 1.63. The van der Waals surface area contributed by atoms with Crippen LogP contribution in [0.25, 0.3) is 0 Å². The third-order valence-corrected chi connectivity index (χ3v) is 4.98. The Bertz CT molecular complexity index is 259. The molecule has 2 saturated carbocycles. The van der Waals surface area contributed by atoms with E-state index < -0.39 is 0 Å². The fourth-order valence-corrected chi connectivity index (χ4v) is 3.92. The van der Waals surface area contributed by atoms with Crippen LogP contribution in [-0.2, 0) is 4.74 Å². The standard InChI is InChI=1S/C14H26N2O/c1-2-15-10-11-6-7-12(11)16-8-9-17-14-5-3-4-13(14)16/h11-15H,2-10H2,1H3. The first-order valence-electron chi connectivity index (χ1n) is 7.48. The molecule has 0 radical (unpaired) electrons. The maximum atomic E-state index is 5.91. The Morgan fingerprint density at radius 2 is 2.12 bits per heavy atom. The molecule has 0 bridgehead atoms. The van der Waals surface area contributed by atoms with E-state index >= 15 is 0 Å². The molecule has 1 saturated heterocycles. The van der Waals surface area contributed by atoms with Crippen LogP contribution < -0.4 is 5.32 Å². The number of ether oxygens (including phenoxy) is 1. The normalized spacial score (nSPS) is 42.2. The first kappa shape index (κ1) is 11.9. The van der Waals surface area contributed by atoms with Crippen LogP contribution in [0.15, 0.2) is 0 Å². The molecule has 3 heteroatoms. The van der Waals surface area contributed by atoms with Crippen molar-refractivity contribution in [3.8, 4) is 0 Å². The molecule has 0 aromatic heterocycles. The molecule has 1 heterocycles. The molecule has 3 fully saturated rings. The van der Waals surface area contributed by atoms with Gasteiger partial charge in [0, 0.05) is 18.6 Å². The average molecular weight is 238 g/mol. The highest BCUT2D eigenvalue weighted by Gasteiger charge is 2.44. The molecule has 2 aliphatic carbocycles. The van der Waals surface area contributed by atoms with Gasteiger partial charge in [0.15, 0.2) is 0 Å². The van der Waals surface area contributed by atoms with Gasteiger partial charge in [0.2, 0.25) is 0 Å². The van der Waals surface area contributed by atoms with E-state index in [1.54, 1.807) is 0 Å². The highest BCUT2D eigenvalue weighted by atomic mass is 16.5. The van der Waals surface area contributed by atoms with E-state index in [9.17, 15) is 0 Å². The van der Waals surface area contributed by atoms with E-state index in [1.807, 2.05) is 0 Å². The van der Waals surface area contributed by atoms with Crippen molar-refractivity contribution in [2.45, 2.75) is 57.2 Å². The topological polar surface area (TPSA) is 24.5 Å². The zero-order valence-electron chi connectivity index (χ0n) is 11.0. The van der Waals surface area contributed by atoms with Gasteiger partial charge < -0.3 is 10.1 Å². The Hall–Kier alpha value is -0.120. The van der Waals surface area contributed by atoms with Crippen molar-refractivity contribution in [1.82, 2.24) is 10.2 Å². The monoisotopic (exact) mass is 238 g/mol. The summed E-state index contributed by atoms with van der Waals surface area (Å²) in [6.07, 6.45) is 7.44. The summed E-state index contributed by atoms with van der Waals surface area (Å²) in [5, 5.41) is 3.52. The fourth-order valence-electron chi connectivity index (χ4n) is 3.92. The molecule has 3 nitrogen and oxygen atoms in total. The largest absolute Gasteiger partial charge is 0.375 e. The predicted molar refractivity (Wildman–Crippen MR) is 69.1 cm³/mol. The van der Waals surface area contributed by atoms with Gasteiger partial charge >= 0.3 is 0 Å². The van der Waals surface area contributed by atoms with E-state index in [4.69, 9.17) is 4.74 Å². The SMILES string of the molecule is CCNCC1CCC1N1CCOC2CCCC21. The molecular weight excluding hydrogens is 212 g/mol. The minimum Gasteiger partial charge on any atom is -0.375 e. The maximum absolute atomic E-state index is 5.91. The second-order valence-corrected chi connectivity index (χ2v) is 5.86. The van der Waals surface area contributed by atoms with E-state index in [-0.39, 0.29) is 0 Å². The molecule has 1 N–H and O–H groups in total. The summed E-state index contributed by atoms with van der Waals surface area (Å²) < 4.78 is 5.91. The summed E-state index contributed by atoms with van der Waals surface area (Å²) in [5.41, 5.74) is 0. The van der Waals surface area contributed by atoms with Gasteiger partial charge in [0.1, 0.15) is 0 Å². The summed E-state index contributed by atoms with van der Waals surface area (Å²) in [4.78, 5) is 2.80. The number of hydrogen-bond acceptors (Lipinski definition) is 3. The lowest BCUT2D eigenvalue weighted by Crippen LogP contribution is -2.59. The van der Waals surface area contributed by atoms with Crippen LogP contribution in [-0.4, -0.2) is 49.3 Å². The molecule has 4 unspecified atom stereocenters. The van der Waals surface area contributed by atoms with Gasteiger partial charge in [-0.25, -0.2) is 0 Å². The molecule has 98 valence electrons. The quantitative estimate of drug-likeness (QED) is 0.805. The van der Waals surface area contributed by atoms with E-state index in [2.05, 4.69) is 17.1 Å². The van der Waals surface area contributed by atoms with Crippen molar-refractivity contribution in [3.63, 3.8) is 0 Å². The molecule has 0 spiro atoms. The second-order valence-electron chi connectivity index (χ2n) is 5.86. The Balaban J connectivity index is 1.59. The van der Waals surface area contributed by atoms with Crippen molar-refractivity contribution in [3.05, 3.63) is 0 Å². The Kier molecular flexibility index (Phi) is 3.69. The number of nitrogens with one attached hydrogen (secondary N) is 1. The van der Waals surface area contributed by atoms with Crippen molar-refractivity contribution < 1.29 is 4.74 Å². The van der Waals surface area contributed by atoms with E-state index in [0.717, 1.165) is 31.2 Å². The summed E-state index contributed by atoms with van der Waals surface area (Å²) in [6, 6.07) is 1.60. The van der Waals surface area contributed by atoms with E-state index in [0.29, 0.717) is 6.10 Å². The number of fused-ring (bicyclic) bond motifs is 1. The third-order valence-electron chi connectivity index (χ3n) is 4.98. The molecule has 0 aromatic rings. The lowest BCUT2D eigenvalue weighted by Gasteiger charge is -2.50. The van der Waals surface area contributed by atoms with Gasteiger partial charge in [0.05, 0.1) is 12.7 Å². The zero-order chi connectivity index (χ0) is 11.7. The minimum absolute atomic E-state index is 0.559. The highest BCUT2D eigenvalue weighted by molar-refractivity contribution is 4.98.